The van der Waals surface area contributed by atoms with Crippen molar-refractivity contribution in [3.8, 4) is 0 Å². The van der Waals surface area contributed by atoms with Crippen LogP contribution in [0.25, 0.3) is 24.3 Å². The number of nitrogens with one attached hydrogen (secondary N) is 4. The minimum Gasteiger partial charge on any atom is -0.355 e. The van der Waals surface area contributed by atoms with E-state index >= 15 is 0 Å². The molecule has 4 aromatic rings. The number of H-pyrrole nitrogens is 4. The van der Waals surface area contributed by atoms with Crippen molar-refractivity contribution in [2.75, 3.05) is 147 Å². The summed E-state index contributed by atoms with van der Waals surface area (Å²) in [5.41, 5.74) is 14.1. The van der Waals surface area contributed by atoms with Crippen LogP contribution in [-0.4, -0.2) is 218 Å². The largest absolute Gasteiger partial charge is 0.355 e. The highest BCUT2D eigenvalue weighted by Crippen LogP contribution is 2.40. The first-order valence-corrected chi connectivity index (χ1v) is 35.2. The summed E-state index contributed by atoms with van der Waals surface area (Å²) in [5, 5.41) is 4.29. The number of amides is 2. The van der Waals surface area contributed by atoms with E-state index in [0.29, 0.717) is 38.8 Å². The van der Waals surface area contributed by atoms with Gasteiger partial charge in [-0.1, -0.05) is 27.7 Å². The molecule has 3 aliphatic rings. The molecule has 2 fully saturated rings. The van der Waals surface area contributed by atoms with Crippen LogP contribution in [0.15, 0.2) is 0 Å². The number of fused-ring (bicyclic) bond motifs is 8. The first-order chi connectivity index (χ1) is 42.3. The second-order valence-corrected chi connectivity index (χ2v) is 27.6. The molecule has 4 aromatic heterocycles. The standard InChI is InChI=1S/C74H124N12O2/c1-17-61-53(7)65-45-66-55(9)63(31-33-73(87)85(21-5)41-29-27-39-83(15)51-59-43-57(59)49-81(13)37-25-23-35-79(11)19-3)71(77-66)48-72-64(56(10)68(78-72)47-70-62(18-2)54(8)67(76-70)46-69(61)75-65)32-34-74(88)86(22-6)42-30-28-40-84(16)52-60-44-58(60)50-82(14)38-26-24-36-80(12)20-4/h45-48,57-60,75-78H,17-44,49-52H2,1-16H3. The average Bonchev–Trinajstić information content (AvgIpc) is 2.04. The molecule has 7 rings (SSSR count). The Bertz CT molecular complexity index is 3090. The number of carbonyl (C=O) groups excluding carboxylic acids is 2. The van der Waals surface area contributed by atoms with Gasteiger partial charge < -0.3 is 59.1 Å². The molecule has 492 valence electrons. The van der Waals surface area contributed by atoms with Gasteiger partial charge in [0.1, 0.15) is 0 Å². The van der Waals surface area contributed by atoms with Gasteiger partial charge in [0.25, 0.3) is 0 Å². The summed E-state index contributed by atoms with van der Waals surface area (Å²) in [7, 11) is 13.6. The number of aromatic amines is 4. The van der Waals surface area contributed by atoms with Gasteiger partial charge >= 0.3 is 0 Å². The Morgan fingerprint density at radius 3 is 1.08 bits per heavy atom. The number of nitrogens with zero attached hydrogens (tertiary/aromatic N) is 8. The van der Waals surface area contributed by atoms with E-state index in [0.717, 1.165) is 151 Å². The van der Waals surface area contributed by atoms with Crippen LogP contribution >= 0.6 is 0 Å². The Balaban J connectivity index is 1.01. The van der Waals surface area contributed by atoms with E-state index < -0.39 is 0 Å². The second kappa shape index (κ2) is 34.6. The zero-order valence-electron chi connectivity index (χ0n) is 58.6. The Labute approximate surface area is 533 Å². The fraction of sp³-hybridized carbons (Fsp3) is 0.703. The van der Waals surface area contributed by atoms with E-state index in [1.165, 1.54) is 130 Å². The predicted molar refractivity (Wildman–Crippen MR) is 371 cm³/mol. The van der Waals surface area contributed by atoms with Gasteiger partial charge in [0, 0.05) is 109 Å². The summed E-state index contributed by atoms with van der Waals surface area (Å²) in [6, 6.07) is 0. The molecular formula is C74H124N12O2. The molecule has 14 heteroatoms. The Morgan fingerprint density at radius 1 is 0.364 bits per heavy atom. The van der Waals surface area contributed by atoms with Crippen molar-refractivity contribution in [3.63, 3.8) is 0 Å². The van der Waals surface area contributed by atoms with Crippen molar-refractivity contribution in [3.05, 3.63) is 88.7 Å². The molecule has 2 amide bonds. The average molecular weight is 1210 g/mol. The smallest absolute Gasteiger partial charge is 0.222 e. The summed E-state index contributed by atoms with van der Waals surface area (Å²) < 4.78 is 0. The molecule has 14 nitrogen and oxygen atoms in total. The molecule has 0 aromatic carbocycles. The monoisotopic (exact) mass is 1210 g/mol. The van der Waals surface area contributed by atoms with Gasteiger partial charge in [0.15, 0.2) is 0 Å². The molecule has 5 heterocycles. The van der Waals surface area contributed by atoms with Crippen molar-refractivity contribution in [1.29, 1.82) is 0 Å². The normalized spacial score (nSPS) is 17.2. The number of aromatic nitrogens is 4. The lowest BCUT2D eigenvalue weighted by Crippen LogP contribution is -2.33. The number of unbranched alkanes of at least 4 members (excludes halogenated alkanes) is 4. The molecule has 4 N–H and O–H groups in total. The van der Waals surface area contributed by atoms with Crippen LogP contribution in [0.3, 0.4) is 0 Å². The maximum atomic E-state index is 14.3. The molecule has 0 radical (unpaired) electrons. The molecule has 8 bridgehead atoms. The van der Waals surface area contributed by atoms with E-state index in [1.807, 2.05) is 0 Å². The third-order valence-electron chi connectivity index (χ3n) is 20.8. The van der Waals surface area contributed by atoms with Crippen LogP contribution in [0, 0.1) is 51.4 Å². The lowest BCUT2D eigenvalue weighted by molar-refractivity contribution is -0.131. The summed E-state index contributed by atoms with van der Waals surface area (Å²) in [4.78, 5) is 63.3. The van der Waals surface area contributed by atoms with Crippen LogP contribution in [-0.2, 0) is 35.3 Å². The number of rotatable bonds is 40. The minimum atomic E-state index is 0.218. The van der Waals surface area contributed by atoms with Gasteiger partial charge in [-0.25, -0.2) is 0 Å². The molecule has 1 aliphatic heterocycles. The molecule has 4 unspecified atom stereocenters. The van der Waals surface area contributed by atoms with E-state index in [2.05, 4.69) is 195 Å². The van der Waals surface area contributed by atoms with Gasteiger partial charge in [-0.15, -0.1) is 0 Å². The Kier molecular flexibility index (Phi) is 27.9. The van der Waals surface area contributed by atoms with Crippen molar-refractivity contribution < 1.29 is 9.59 Å². The molecule has 2 saturated carbocycles. The molecule has 0 spiro atoms. The third kappa shape index (κ3) is 20.1. The lowest BCUT2D eigenvalue weighted by atomic mass is 10.0. The number of carbonyl (C=O) groups is 2. The van der Waals surface area contributed by atoms with Crippen LogP contribution in [0.4, 0.5) is 0 Å². The minimum absolute atomic E-state index is 0.218. The maximum Gasteiger partial charge on any atom is 0.222 e. The van der Waals surface area contributed by atoms with Gasteiger partial charge in [0.2, 0.25) is 11.8 Å². The summed E-state index contributed by atoms with van der Waals surface area (Å²) >= 11 is 0. The molecule has 4 atom stereocenters. The topological polar surface area (TPSA) is 123 Å². The Hall–Kier alpha value is -4.70. The third-order valence-corrected chi connectivity index (χ3v) is 20.8. The molecular weight excluding hydrogens is 1090 g/mol. The van der Waals surface area contributed by atoms with Crippen molar-refractivity contribution >= 4 is 36.1 Å². The zero-order chi connectivity index (χ0) is 63.6. The van der Waals surface area contributed by atoms with Crippen molar-refractivity contribution in [2.45, 2.75) is 172 Å². The summed E-state index contributed by atoms with van der Waals surface area (Å²) in [6.07, 6.45) is 25.1. The number of hydrogen-bond acceptors (Lipinski definition) is 8. The SMILES string of the molecule is CCc1c2[nH]c(c1C)C=c1[nH]c(c(CCC(=O)N(CC)CCCCN(C)CC3CC3CN(C)CCCCN(C)CC)c1C)=Cc1[nH]c(c(C)c1CCC(=O)N(CC)CCCCN(C)CC1CC1CN(C)CCCCN(C)CC)C=c1[nH]c(c(C)c1CC)=C2. The fourth-order valence-corrected chi connectivity index (χ4v) is 14.3. The zero-order valence-corrected chi connectivity index (χ0v) is 58.6. The highest BCUT2D eigenvalue weighted by Gasteiger charge is 2.39. The van der Waals surface area contributed by atoms with Crippen LogP contribution in [0.1, 0.15) is 186 Å². The first-order valence-electron chi connectivity index (χ1n) is 35.2. The van der Waals surface area contributed by atoms with Gasteiger partial charge in [0.05, 0.1) is 0 Å². The van der Waals surface area contributed by atoms with Crippen LogP contribution in [0.2, 0.25) is 0 Å². The highest BCUT2D eigenvalue weighted by molar-refractivity contribution is 5.77. The van der Waals surface area contributed by atoms with Gasteiger partial charge in [-0.3, -0.25) is 9.59 Å². The predicted octanol–water partition coefficient (Wildman–Crippen LogP) is 8.57. The quantitative estimate of drug-likeness (QED) is 0.0288. The second-order valence-electron chi connectivity index (χ2n) is 27.6. The first kappa shape index (κ1) is 70.8. The van der Waals surface area contributed by atoms with Gasteiger partial charge in [-0.2, -0.15) is 0 Å². The fourth-order valence-electron chi connectivity index (χ4n) is 14.3. The molecule has 2 aliphatic carbocycles. The highest BCUT2D eigenvalue weighted by atomic mass is 16.2. The molecule has 88 heavy (non-hydrogen) atoms. The lowest BCUT2D eigenvalue weighted by Gasteiger charge is -2.22. The Morgan fingerprint density at radius 2 is 0.682 bits per heavy atom. The van der Waals surface area contributed by atoms with Crippen LogP contribution in [0.5, 0.6) is 0 Å². The van der Waals surface area contributed by atoms with E-state index in [4.69, 9.17) is 0 Å². The maximum absolute atomic E-state index is 14.3. The number of hydrogen-bond donors (Lipinski definition) is 4. The van der Waals surface area contributed by atoms with Crippen molar-refractivity contribution in [2.24, 2.45) is 23.7 Å². The van der Waals surface area contributed by atoms with Gasteiger partial charge in [-0.05, 0) is 319 Å². The van der Waals surface area contributed by atoms with Crippen LogP contribution < -0.4 is 21.4 Å². The van der Waals surface area contributed by atoms with Crippen molar-refractivity contribution in [1.82, 2.24) is 59.1 Å². The summed E-state index contributed by atoms with van der Waals surface area (Å²) in [6.45, 7) is 39.1. The van der Waals surface area contributed by atoms with E-state index in [1.54, 1.807) is 0 Å². The van der Waals surface area contributed by atoms with E-state index in [-0.39, 0.29) is 11.8 Å². The van der Waals surface area contributed by atoms with E-state index in [9.17, 15) is 9.59 Å². The summed E-state index contributed by atoms with van der Waals surface area (Å²) in [5.74, 6) is 3.72. The molecule has 0 saturated heterocycles.